The lowest BCUT2D eigenvalue weighted by Crippen LogP contribution is -2.51. The first kappa shape index (κ1) is 20.8. The van der Waals surface area contributed by atoms with E-state index in [0.29, 0.717) is 13.1 Å². The van der Waals surface area contributed by atoms with Crippen LogP contribution < -0.4 is 10.1 Å². The Morgan fingerprint density at radius 3 is 2.90 bits per heavy atom. The van der Waals surface area contributed by atoms with Crippen molar-refractivity contribution in [2.45, 2.75) is 45.4 Å². The summed E-state index contributed by atoms with van der Waals surface area (Å²) in [6.45, 7) is 3.94. The van der Waals surface area contributed by atoms with Gasteiger partial charge in [0.2, 0.25) is 0 Å². The Morgan fingerprint density at radius 2 is 2.07 bits per heavy atom. The van der Waals surface area contributed by atoms with E-state index >= 15 is 0 Å². The fourth-order valence-corrected chi connectivity index (χ4v) is 5.39. The lowest BCUT2D eigenvalue weighted by atomic mass is 9.75. The maximum atomic E-state index is 13.1. The van der Waals surface area contributed by atoms with E-state index in [0.717, 1.165) is 67.0 Å². The van der Waals surface area contributed by atoms with E-state index in [2.05, 4.69) is 16.4 Å². The van der Waals surface area contributed by atoms with Crippen LogP contribution in [0.1, 0.15) is 53.0 Å². The molecule has 0 radical (unpaired) electrons. The summed E-state index contributed by atoms with van der Waals surface area (Å²) < 4.78 is 5.79. The second-order valence-electron chi connectivity index (χ2n) is 8.48. The number of hydrogen-bond donors (Lipinski definition) is 1. The minimum Gasteiger partial charge on any atom is -0.483 e. The molecule has 1 aromatic heterocycles. The quantitative estimate of drug-likeness (QED) is 0.755. The molecule has 1 fully saturated rings. The van der Waals surface area contributed by atoms with Gasteiger partial charge in [-0.1, -0.05) is 24.6 Å². The van der Waals surface area contributed by atoms with Crippen molar-refractivity contribution in [2.24, 2.45) is 5.41 Å². The van der Waals surface area contributed by atoms with Crippen molar-refractivity contribution < 1.29 is 14.3 Å². The monoisotopic (exact) mass is 427 g/mol. The van der Waals surface area contributed by atoms with E-state index in [9.17, 15) is 9.59 Å². The smallest absolute Gasteiger partial charge is 0.265 e. The number of carbonyl (C=O) groups is 2. The number of nitrogens with one attached hydrogen (secondary N) is 1. The second kappa shape index (κ2) is 9.16. The summed E-state index contributed by atoms with van der Waals surface area (Å²) in [5.41, 5.74) is 3.60. The van der Waals surface area contributed by atoms with Crippen LogP contribution in [-0.4, -0.2) is 47.9 Å². The standard InChI is InChI=1S/C23H29N3O3S/c1-17-21(30-16-25-17)22(28)26-12-6-11-23(15-26)10-5-4-8-18-7-2-3-9-19(18)29-13-20(27)24-14-23/h2-3,7,9,16H,4-6,8,10-15H2,1H3,(H,24,27). The number of fused-ring (bicyclic) bond motifs is 1. The highest BCUT2D eigenvalue weighted by Crippen LogP contribution is 2.36. The molecule has 1 saturated heterocycles. The molecule has 0 aliphatic carbocycles. The Labute approximate surface area is 181 Å². The molecule has 7 heteroatoms. The molecule has 1 aromatic carbocycles. The number of hydrogen-bond acceptors (Lipinski definition) is 5. The molecule has 1 N–H and O–H groups in total. The molecule has 160 valence electrons. The number of benzene rings is 1. The fraction of sp³-hybridized carbons (Fsp3) is 0.522. The number of ether oxygens (including phenoxy) is 1. The third kappa shape index (κ3) is 4.67. The molecule has 30 heavy (non-hydrogen) atoms. The Hall–Kier alpha value is -2.41. The molecule has 2 aliphatic rings. The van der Waals surface area contributed by atoms with E-state index in [-0.39, 0.29) is 23.8 Å². The SMILES string of the molecule is Cc1ncsc1C(=O)N1CCCC2(CCCCc3ccccc3OCC(=O)NC2)C1. The predicted molar refractivity (Wildman–Crippen MR) is 117 cm³/mol. The molecule has 2 amide bonds. The average molecular weight is 428 g/mol. The van der Waals surface area contributed by atoms with Crippen molar-refractivity contribution in [1.82, 2.24) is 15.2 Å². The van der Waals surface area contributed by atoms with Crippen LogP contribution in [0.5, 0.6) is 5.75 Å². The van der Waals surface area contributed by atoms with Gasteiger partial charge < -0.3 is 15.0 Å². The van der Waals surface area contributed by atoms with Gasteiger partial charge in [-0.2, -0.15) is 0 Å². The van der Waals surface area contributed by atoms with E-state index < -0.39 is 0 Å². The van der Waals surface area contributed by atoms with Gasteiger partial charge in [-0.15, -0.1) is 11.3 Å². The van der Waals surface area contributed by atoms with Crippen molar-refractivity contribution >= 4 is 23.2 Å². The van der Waals surface area contributed by atoms with Crippen molar-refractivity contribution in [2.75, 3.05) is 26.2 Å². The number of aryl methyl sites for hydroxylation is 2. The zero-order chi connectivity index (χ0) is 21.0. The lowest BCUT2D eigenvalue weighted by Gasteiger charge is -2.43. The normalized spacial score (nSPS) is 23.0. The number of thiazole rings is 1. The molecule has 1 unspecified atom stereocenters. The maximum absolute atomic E-state index is 13.1. The molecule has 1 spiro atoms. The van der Waals surface area contributed by atoms with Gasteiger partial charge in [0.15, 0.2) is 6.61 Å². The molecule has 4 rings (SSSR count). The zero-order valence-electron chi connectivity index (χ0n) is 17.5. The summed E-state index contributed by atoms with van der Waals surface area (Å²) in [4.78, 5) is 32.5. The first-order valence-electron chi connectivity index (χ1n) is 10.7. The first-order chi connectivity index (χ1) is 14.6. The number of aromatic nitrogens is 1. The van der Waals surface area contributed by atoms with Crippen LogP contribution in [0.4, 0.5) is 0 Å². The van der Waals surface area contributed by atoms with Crippen molar-refractivity contribution in [3.63, 3.8) is 0 Å². The third-order valence-electron chi connectivity index (χ3n) is 6.28. The van der Waals surface area contributed by atoms with Crippen LogP contribution in [0, 0.1) is 12.3 Å². The fourth-order valence-electron chi connectivity index (χ4n) is 4.62. The minimum absolute atomic E-state index is 0.0236. The second-order valence-corrected chi connectivity index (χ2v) is 9.33. The summed E-state index contributed by atoms with van der Waals surface area (Å²) >= 11 is 1.41. The Bertz CT molecular complexity index is 913. The van der Waals surface area contributed by atoms with Gasteiger partial charge in [-0.05, 0) is 50.7 Å². The minimum atomic E-state index is -0.105. The van der Waals surface area contributed by atoms with Gasteiger partial charge in [0, 0.05) is 25.0 Å². The predicted octanol–water partition coefficient (Wildman–Crippen LogP) is 3.60. The molecular formula is C23H29N3O3S. The highest BCUT2D eigenvalue weighted by atomic mass is 32.1. The van der Waals surface area contributed by atoms with E-state index in [1.54, 1.807) is 5.51 Å². The van der Waals surface area contributed by atoms with Crippen LogP contribution in [0.3, 0.4) is 0 Å². The average Bonchev–Trinajstić information content (AvgIpc) is 3.19. The van der Waals surface area contributed by atoms with Crippen LogP contribution in [-0.2, 0) is 11.2 Å². The van der Waals surface area contributed by atoms with Crippen LogP contribution in [0.15, 0.2) is 29.8 Å². The van der Waals surface area contributed by atoms with Crippen LogP contribution in [0.25, 0.3) is 0 Å². The van der Waals surface area contributed by atoms with Gasteiger partial charge in [0.05, 0.1) is 11.2 Å². The molecule has 0 saturated carbocycles. The molecule has 3 heterocycles. The number of nitrogens with zero attached hydrogens (tertiary/aromatic N) is 2. The summed E-state index contributed by atoms with van der Waals surface area (Å²) in [5, 5.41) is 3.09. The topological polar surface area (TPSA) is 71.5 Å². The van der Waals surface area contributed by atoms with Gasteiger partial charge >= 0.3 is 0 Å². The van der Waals surface area contributed by atoms with Crippen LogP contribution >= 0.6 is 11.3 Å². The summed E-state index contributed by atoms with van der Waals surface area (Å²) in [5.74, 6) is 0.771. The Kier molecular flexibility index (Phi) is 6.37. The molecule has 2 aliphatic heterocycles. The lowest BCUT2D eigenvalue weighted by molar-refractivity contribution is -0.123. The maximum Gasteiger partial charge on any atom is 0.265 e. The number of amides is 2. The van der Waals surface area contributed by atoms with E-state index in [4.69, 9.17) is 4.74 Å². The molecule has 6 nitrogen and oxygen atoms in total. The molecule has 1 atom stereocenters. The molecule has 2 aromatic rings. The molecule has 0 bridgehead atoms. The zero-order valence-corrected chi connectivity index (χ0v) is 18.3. The Morgan fingerprint density at radius 1 is 1.23 bits per heavy atom. The van der Waals surface area contributed by atoms with Crippen molar-refractivity contribution in [3.8, 4) is 5.75 Å². The van der Waals surface area contributed by atoms with E-state index in [1.165, 1.54) is 11.3 Å². The summed E-state index contributed by atoms with van der Waals surface area (Å²) in [6.07, 6.45) is 6.05. The van der Waals surface area contributed by atoms with Crippen molar-refractivity contribution in [3.05, 3.63) is 45.9 Å². The van der Waals surface area contributed by atoms with Crippen molar-refractivity contribution in [1.29, 1.82) is 0 Å². The molecular weight excluding hydrogens is 398 g/mol. The number of rotatable bonds is 1. The number of piperidine rings is 1. The van der Waals surface area contributed by atoms with Gasteiger partial charge in [0.1, 0.15) is 10.6 Å². The number of para-hydroxylation sites is 1. The third-order valence-corrected chi connectivity index (χ3v) is 7.20. The highest BCUT2D eigenvalue weighted by Gasteiger charge is 2.38. The summed E-state index contributed by atoms with van der Waals surface area (Å²) in [7, 11) is 0. The van der Waals surface area contributed by atoms with Gasteiger partial charge in [-0.3, -0.25) is 9.59 Å². The summed E-state index contributed by atoms with van der Waals surface area (Å²) in [6, 6.07) is 7.97. The van der Waals surface area contributed by atoms with Gasteiger partial charge in [0.25, 0.3) is 11.8 Å². The number of likely N-dealkylation sites (tertiary alicyclic amines) is 1. The Balaban J connectivity index is 1.49. The van der Waals surface area contributed by atoms with Crippen LogP contribution in [0.2, 0.25) is 0 Å². The van der Waals surface area contributed by atoms with Gasteiger partial charge in [-0.25, -0.2) is 4.98 Å². The number of carbonyl (C=O) groups excluding carboxylic acids is 2. The first-order valence-corrected chi connectivity index (χ1v) is 11.6. The highest BCUT2D eigenvalue weighted by molar-refractivity contribution is 7.11. The van der Waals surface area contributed by atoms with E-state index in [1.807, 2.05) is 30.0 Å². The largest absolute Gasteiger partial charge is 0.483 e.